The summed E-state index contributed by atoms with van der Waals surface area (Å²) in [7, 11) is 0. The van der Waals surface area contributed by atoms with Crippen LogP contribution in [0.2, 0.25) is 0 Å². The maximum atomic E-state index is 11.9. The predicted molar refractivity (Wildman–Crippen MR) is 60.7 cm³/mol. The summed E-state index contributed by atoms with van der Waals surface area (Å²) in [4.78, 5) is 34.8. The van der Waals surface area contributed by atoms with Crippen molar-refractivity contribution in [3.05, 3.63) is 0 Å². The van der Waals surface area contributed by atoms with Crippen LogP contribution >= 0.6 is 0 Å². The van der Waals surface area contributed by atoms with Crippen molar-refractivity contribution in [2.75, 3.05) is 0 Å². The van der Waals surface area contributed by atoms with Gasteiger partial charge in [0, 0.05) is 0 Å². The normalized spacial score (nSPS) is 18.9. The molecule has 1 atom stereocenters. The van der Waals surface area contributed by atoms with Gasteiger partial charge in [0.1, 0.15) is 5.41 Å². The molecule has 18 heavy (non-hydrogen) atoms. The van der Waals surface area contributed by atoms with Gasteiger partial charge in [0.2, 0.25) is 11.8 Å². The first-order chi connectivity index (χ1) is 7.48. The van der Waals surface area contributed by atoms with Gasteiger partial charge in [0.05, 0.1) is 0 Å². The van der Waals surface area contributed by atoms with Gasteiger partial charge in [0.15, 0.2) is 0 Å². The summed E-state index contributed by atoms with van der Waals surface area (Å²) >= 11 is 0. The first-order valence-electron chi connectivity index (χ1n) is 5.65. The van der Waals surface area contributed by atoms with Crippen molar-refractivity contribution in [3.63, 3.8) is 0 Å². The Kier molecular flexibility index (Phi) is 10.1. The molecule has 1 heterocycles. The SMILES string of the molecule is CCC[C@@H](C)C1(CC)C(=O)NC(=O)NC1=O.[H-].[H-].[Na+].[Na+]. The van der Waals surface area contributed by atoms with Gasteiger partial charge in [-0.25, -0.2) is 4.79 Å². The van der Waals surface area contributed by atoms with Crippen molar-refractivity contribution >= 4 is 17.8 Å². The van der Waals surface area contributed by atoms with Crippen LogP contribution in [0.25, 0.3) is 0 Å². The molecule has 0 saturated carbocycles. The summed E-state index contributed by atoms with van der Waals surface area (Å²) in [6.07, 6.45) is 2.08. The number of imide groups is 2. The molecule has 0 aromatic rings. The summed E-state index contributed by atoms with van der Waals surface area (Å²) in [5, 5.41) is 4.36. The largest absolute Gasteiger partial charge is 1.00 e. The van der Waals surface area contributed by atoms with E-state index in [-0.39, 0.29) is 67.9 Å². The van der Waals surface area contributed by atoms with Crippen LogP contribution in [0.15, 0.2) is 0 Å². The molecular weight excluding hydrogens is 254 g/mol. The summed E-state index contributed by atoms with van der Waals surface area (Å²) in [6, 6.07) is -0.720. The van der Waals surface area contributed by atoms with Crippen LogP contribution < -0.4 is 69.7 Å². The Balaban J connectivity index is -0.000000320. The number of carbonyl (C=O) groups is 3. The number of amides is 4. The quantitative estimate of drug-likeness (QED) is 0.400. The van der Waals surface area contributed by atoms with E-state index in [9.17, 15) is 14.4 Å². The summed E-state index contributed by atoms with van der Waals surface area (Å²) < 4.78 is 0. The van der Waals surface area contributed by atoms with Gasteiger partial charge in [0.25, 0.3) is 0 Å². The first kappa shape index (κ1) is 20.9. The summed E-state index contributed by atoms with van der Waals surface area (Å²) in [5.41, 5.74) is -1.09. The van der Waals surface area contributed by atoms with E-state index in [0.717, 1.165) is 12.8 Å². The van der Waals surface area contributed by atoms with Crippen LogP contribution in [0.1, 0.15) is 42.9 Å². The number of hydrogen-bond donors (Lipinski definition) is 2. The maximum absolute atomic E-state index is 11.9. The molecule has 0 bridgehead atoms. The number of barbiturate groups is 1. The van der Waals surface area contributed by atoms with Gasteiger partial charge in [-0.1, -0.05) is 27.2 Å². The molecule has 5 nitrogen and oxygen atoms in total. The third kappa shape index (κ3) is 3.81. The third-order valence-electron chi connectivity index (χ3n) is 3.39. The van der Waals surface area contributed by atoms with Crippen molar-refractivity contribution < 1.29 is 76.4 Å². The van der Waals surface area contributed by atoms with E-state index in [1.54, 1.807) is 6.92 Å². The second-order valence-electron chi connectivity index (χ2n) is 4.25. The van der Waals surface area contributed by atoms with Crippen LogP contribution in [-0.2, 0) is 9.59 Å². The van der Waals surface area contributed by atoms with Crippen LogP contribution in [0.3, 0.4) is 0 Å². The molecule has 94 valence electrons. The average Bonchev–Trinajstić information content (AvgIpc) is 2.18. The number of rotatable bonds is 4. The first-order valence-corrected chi connectivity index (χ1v) is 5.65. The monoisotopic (exact) mass is 274 g/mol. The molecule has 0 aromatic carbocycles. The third-order valence-corrected chi connectivity index (χ3v) is 3.39. The fraction of sp³-hybridized carbons (Fsp3) is 0.727. The Morgan fingerprint density at radius 2 is 1.56 bits per heavy atom. The molecule has 0 aliphatic carbocycles. The van der Waals surface area contributed by atoms with Gasteiger partial charge in [-0.3, -0.25) is 20.2 Å². The van der Waals surface area contributed by atoms with E-state index < -0.39 is 23.3 Å². The van der Waals surface area contributed by atoms with Crippen LogP contribution in [0.5, 0.6) is 0 Å². The van der Waals surface area contributed by atoms with Gasteiger partial charge < -0.3 is 2.85 Å². The number of carbonyl (C=O) groups excluding carboxylic acids is 3. The van der Waals surface area contributed by atoms with E-state index in [4.69, 9.17) is 0 Å². The van der Waals surface area contributed by atoms with E-state index >= 15 is 0 Å². The topological polar surface area (TPSA) is 75.3 Å². The molecule has 0 unspecified atom stereocenters. The fourth-order valence-corrected chi connectivity index (χ4v) is 2.36. The molecule has 7 heteroatoms. The Labute approximate surface area is 155 Å². The minimum Gasteiger partial charge on any atom is -1.00 e. The average molecular weight is 274 g/mol. The van der Waals surface area contributed by atoms with E-state index in [2.05, 4.69) is 10.6 Å². The number of urea groups is 1. The molecule has 1 fully saturated rings. The molecule has 1 rings (SSSR count). The molecule has 4 amide bonds. The zero-order valence-electron chi connectivity index (χ0n) is 13.9. The zero-order chi connectivity index (χ0) is 12.3. The summed E-state index contributed by atoms with van der Waals surface area (Å²) in [5.74, 6) is -1.01. The number of hydrogen-bond acceptors (Lipinski definition) is 3. The van der Waals surface area contributed by atoms with Crippen molar-refractivity contribution in [1.29, 1.82) is 0 Å². The smallest absolute Gasteiger partial charge is 1.00 e. The van der Waals surface area contributed by atoms with Crippen molar-refractivity contribution in [2.24, 2.45) is 11.3 Å². The summed E-state index contributed by atoms with van der Waals surface area (Å²) in [6.45, 7) is 5.67. The van der Waals surface area contributed by atoms with Gasteiger partial charge in [-0.2, -0.15) is 0 Å². The minimum absolute atomic E-state index is 0. The van der Waals surface area contributed by atoms with Crippen molar-refractivity contribution in [2.45, 2.75) is 40.0 Å². The molecule has 1 saturated heterocycles. The maximum Gasteiger partial charge on any atom is 1.00 e. The van der Waals surface area contributed by atoms with Gasteiger partial charge in [-0.15, -0.1) is 0 Å². The van der Waals surface area contributed by atoms with Crippen LogP contribution in [0, 0.1) is 11.3 Å². The molecule has 0 spiro atoms. The van der Waals surface area contributed by atoms with Crippen LogP contribution in [-0.4, -0.2) is 17.8 Å². The predicted octanol–water partition coefficient (Wildman–Crippen LogP) is -4.58. The Bertz CT molecular complexity index is 324. The van der Waals surface area contributed by atoms with E-state index in [0.29, 0.717) is 6.42 Å². The van der Waals surface area contributed by atoms with Gasteiger partial charge >= 0.3 is 65.1 Å². The Morgan fingerprint density at radius 3 is 1.89 bits per heavy atom. The molecular formula is C11H20N2Na2O3. The molecule has 1 aliphatic rings. The molecule has 0 aromatic heterocycles. The van der Waals surface area contributed by atoms with E-state index in [1.165, 1.54) is 0 Å². The molecule has 2 N–H and O–H groups in total. The van der Waals surface area contributed by atoms with Gasteiger partial charge in [-0.05, 0) is 18.8 Å². The standard InChI is InChI=1S/C11H18N2O3.2Na.2H/c1-4-6-7(3)11(5-2)8(14)12-10(16)13-9(11)15;;;;/h7H,4-6H2,1-3H3,(H2,12,13,14,15,16);;;;/q;2*+1;2*-1/t7-;;;;/m1..../s1. The molecule has 0 radical (unpaired) electrons. The van der Waals surface area contributed by atoms with Crippen molar-refractivity contribution in [1.82, 2.24) is 10.6 Å². The fourth-order valence-electron chi connectivity index (χ4n) is 2.36. The second kappa shape index (κ2) is 8.72. The zero-order valence-corrected chi connectivity index (χ0v) is 15.9. The Hall–Kier alpha value is 0.610. The number of nitrogens with one attached hydrogen (secondary N) is 2. The van der Waals surface area contributed by atoms with Crippen molar-refractivity contribution in [3.8, 4) is 0 Å². The molecule has 1 aliphatic heterocycles. The van der Waals surface area contributed by atoms with E-state index in [1.807, 2.05) is 13.8 Å². The minimum atomic E-state index is -1.09. The Morgan fingerprint density at radius 1 is 1.11 bits per heavy atom. The second-order valence-corrected chi connectivity index (χ2v) is 4.25. The van der Waals surface area contributed by atoms with Crippen LogP contribution in [0.4, 0.5) is 4.79 Å².